The molecule has 1 heterocycles. The van der Waals surface area contributed by atoms with Crippen molar-refractivity contribution in [3.8, 4) is 0 Å². The number of rotatable bonds is 5. The van der Waals surface area contributed by atoms with Crippen LogP contribution in [0.25, 0.3) is 0 Å². The lowest BCUT2D eigenvalue weighted by Crippen LogP contribution is -2.50. The first kappa shape index (κ1) is 17.9. The molecule has 136 valence electrons. The topological polar surface area (TPSA) is 67.9 Å². The summed E-state index contributed by atoms with van der Waals surface area (Å²) >= 11 is 0. The third-order valence-electron chi connectivity index (χ3n) is 5.54. The van der Waals surface area contributed by atoms with Crippen LogP contribution in [0.3, 0.4) is 0 Å². The third-order valence-corrected chi connectivity index (χ3v) is 5.54. The molecule has 1 saturated carbocycles. The Labute approximate surface area is 150 Å². The molecular weight excluding hydrogens is 314 g/mol. The van der Waals surface area contributed by atoms with Crippen molar-refractivity contribution < 1.29 is 9.63 Å². The Hall–Kier alpha value is -1.88. The van der Waals surface area contributed by atoms with Gasteiger partial charge in [0.25, 0.3) is 0 Å². The lowest BCUT2D eigenvalue weighted by atomic mass is 9.83. The quantitative estimate of drug-likeness (QED) is 0.835. The molecule has 2 fully saturated rings. The molecule has 1 aromatic carbocycles. The maximum absolute atomic E-state index is 12.8. The monoisotopic (exact) mass is 343 g/mol. The highest BCUT2D eigenvalue weighted by Crippen LogP contribution is 2.27. The van der Waals surface area contributed by atoms with E-state index in [0.717, 1.165) is 30.5 Å². The van der Waals surface area contributed by atoms with Crippen LogP contribution in [-0.2, 0) is 16.2 Å². The van der Waals surface area contributed by atoms with Crippen LogP contribution in [0.2, 0.25) is 0 Å². The average molecular weight is 343 g/mol. The van der Waals surface area contributed by atoms with Crippen LogP contribution in [-0.4, -0.2) is 35.1 Å². The number of oxime groups is 1. The summed E-state index contributed by atoms with van der Waals surface area (Å²) in [6, 6.07) is 9.57. The minimum absolute atomic E-state index is 0.0297. The molecule has 1 amide bonds. The van der Waals surface area contributed by atoms with E-state index in [1.54, 1.807) is 0 Å². The Balaban J connectivity index is 1.54. The second-order valence-corrected chi connectivity index (χ2v) is 7.22. The zero-order chi connectivity index (χ0) is 17.6. The minimum Gasteiger partial charge on any atom is -0.391 e. The van der Waals surface area contributed by atoms with Crippen LogP contribution < -0.4 is 5.73 Å². The van der Waals surface area contributed by atoms with Crippen molar-refractivity contribution in [2.45, 2.75) is 64.1 Å². The van der Waals surface area contributed by atoms with Crippen molar-refractivity contribution in [1.82, 2.24) is 4.90 Å². The fourth-order valence-corrected chi connectivity index (χ4v) is 3.89. The molecule has 0 bridgehead atoms. The number of amides is 1. The van der Waals surface area contributed by atoms with Gasteiger partial charge in [-0.3, -0.25) is 4.79 Å². The smallest absolute Gasteiger partial charge is 0.240 e. The number of carbonyl (C=O) groups is 1. The van der Waals surface area contributed by atoms with Crippen molar-refractivity contribution in [3.63, 3.8) is 0 Å². The number of hydrogen-bond acceptors (Lipinski definition) is 4. The summed E-state index contributed by atoms with van der Waals surface area (Å²) in [5, 5.41) is 4.29. The summed E-state index contributed by atoms with van der Waals surface area (Å²) in [5.74, 6) is 0.413. The fraction of sp³-hybridized carbons (Fsp3) is 0.600. The summed E-state index contributed by atoms with van der Waals surface area (Å²) in [6.07, 6.45) is 6.58. The van der Waals surface area contributed by atoms with Gasteiger partial charge in [0.05, 0.1) is 17.8 Å². The lowest BCUT2D eigenvalue weighted by molar-refractivity contribution is -0.134. The van der Waals surface area contributed by atoms with Gasteiger partial charge in [-0.05, 0) is 31.2 Å². The van der Waals surface area contributed by atoms with Gasteiger partial charge in [-0.25, -0.2) is 0 Å². The van der Waals surface area contributed by atoms with E-state index in [4.69, 9.17) is 10.6 Å². The van der Waals surface area contributed by atoms with Gasteiger partial charge in [0.15, 0.2) is 0 Å². The molecule has 3 rings (SSSR count). The third kappa shape index (κ3) is 4.40. The first-order chi connectivity index (χ1) is 12.2. The molecule has 1 aliphatic heterocycles. The first-order valence-corrected chi connectivity index (χ1v) is 9.45. The Bertz CT molecular complexity index is 596. The zero-order valence-electron chi connectivity index (χ0n) is 15.1. The Morgan fingerprint density at radius 2 is 2.00 bits per heavy atom. The van der Waals surface area contributed by atoms with Crippen LogP contribution in [0.1, 0.15) is 51.0 Å². The molecule has 5 heteroatoms. The highest BCUT2D eigenvalue weighted by atomic mass is 16.6. The van der Waals surface area contributed by atoms with Crippen LogP contribution in [0.5, 0.6) is 0 Å². The van der Waals surface area contributed by atoms with E-state index in [1.807, 2.05) is 42.2 Å². The van der Waals surface area contributed by atoms with E-state index >= 15 is 0 Å². The second kappa shape index (κ2) is 8.48. The predicted octanol–water partition coefficient (Wildman–Crippen LogP) is 3.09. The van der Waals surface area contributed by atoms with Gasteiger partial charge in [-0.1, -0.05) is 54.8 Å². The molecule has 2 N–H and O–H groups in total. The predicted molar refractivity (Wildman–Crippen MR) is 99.0 cm³/mol. The summed E-state index contributed by atoms with van der Waals surface area (Å²) in [6.45, 7) is 3.16. The van der Waals surface area contributed by atoms with Crippen LogP contribution >= 0.6 is 0 Å². The maximum atomic E-state index is 12.8. The highest BCUT2D eigenvalue weighted by molar-refractivity contribution is 5.96. The summed E-state index contributed by atoms with van der Waals surface area (Å²) < 4.78 is 0. The first-order valence-electron chi connectivity index (χ1n) is 9.45. The molecule has 1 saturated heterocycles. The molecular formula is C20H29N3O2. The van der Waals surface area contributed by atoms with Crippen molar-refractivity contribution in [2.75, 3.05) is 6.54 Å². The standard InChI is InChI=1S/C20H29N3O2/c1-15-18(22-25-14-16-8-4-2-5-9-16)12-13-23(15)20(24)19(21)17-10-6-3-7-11-17/h2,4-5,8-9,15,17,19H,3,6-7,10-14,21H2,1H3/t15?,19-/m0/s1. The molecule has 0 aromatic heterocycles. The van der Waals surface area contributed by atoms with Crippen molar-refractivity contribution in [2.24, 2.45) is 16.8 Å². The molecule has 5 nitrogen and oxygen atoms in total. The SMILES string of the molecule is CC1C(=NOCc2ccccc2)CCN1C(=O)[C@@H](N)C1CCCCC1. The molecule has 1 aromatic rings. The molecule has 0 radical (unpaired) electrons. The lowest BCUT2D eigenvalue weighted by Gasteiger charge is -2.31. The Morgan fingerprint density at radius 1 is 1.28 bits per heavy atom. The highest BCUT2D eigenvalue weighted by Gasteiger charge is 2.36. The van der Waals surface area contributed by atoms with Crippen LogP contribution in [0.15, 0.2) is 35.5 Å². The summed E-state index contributed by atoms with van der Waals surface area (Å²) in [7, 11) is 0. The number of nitrogens with zero attached hydrogens (tertiary/aromatic N) is 2. The van der Waals surface area contributed by atoms with Gasteiger partial charge >= 0.3 is 0 Å². The van der Waals surface area contributed by atoms with E-state index in [1.165, 1.54) is 19.3 Å². The number of likely N-dealkylation sites (tertiary alicyclic amines) is 1. The molecule has 1 unspecified atom stereocenters. The van der Waals surface area contributed by atoms with Gasteiger partial charge < -0.3 is 15.5 Å². The van der Waals surface area contributed by atoms with E-state index in [9.17, 15) is 4.79 Å². The van der Waals surface area contributed by atoms with Crippen molar-refractivity contribution >= 4 is 11.6 Å². The van der Waals surface area contributed by atoms with E-state index < -0.39 is 0 Å². The van der Waals surface area contributed by atoms with Gasteiger partial charge in [0.1, 0.15) is 6.61 Å². The Kier molecular flexibility index (Phi) is 6.08. The van der Waals surface area contributed by atoms with E-state index in [-0.39, 0.29) is 18.0 Å². The van der Waals surface area contributed by atoms with Gasteiger partial charge in [0, 0.05) is 13.0 Å². The van der Waals surface area contributed by atoms with Crippen LogP contribution in [0.4, 0.5) is 0 Å². The van der Waals surface area contributed by atoms with E-state index in [2.05, 4.69) is 5.16 Å². The number of benzene rings is 1. The number of hydrogen-bond donors (Lipinski definition) is 1. The normalized spacial score (nSPS) is 24.5. The largest absolute Gasteiger partial charge is 0.391 e. The molecule has 25 heavy (non-hydrogen) atoms. The average Bonchev–Trinajstić information content (AvgIpc) is 3.03. The molecule has 2 atom stereocenters. The van der Waals surface area contributed by atoms with Gasteiger partial charge in [-0.15, -0.1) is 0 Å². The minimum atomic E-state index is -0.368. The molecule has 2 aliphatic rings. The summed E-state index contributed by atoms with van der Waals surface area (Å²) in [4.78, 5) is 20.2. The number of nitrogens with two attached hydrogens (primary N) is 1. The fourth-order valence-electron chi connectivity index (χ4n) is 3.89. The van der Waals surface area contributed by atoms with Crippen molar-refractivity contribution in [3.05, 3.63) is 35.9 Å². The van der Waals surface area contributed by atoms with E-state index in [0.29, 0.717) is 19.1 Å². The van der Waals surface area contributed by atoms with Gasteiger partial charge in [-0.2, -0.15) is 0 Å². The molecule has 1 aliphatic carbocycles. The van der Waals surface area contributed by atoms with Crippen molar-refractivity contribution in [1.29, 1.82) is 0 Å². The van der Waals surface area contributed by atoms with Gasteiger partial charge in [0.2, 0.25) is 5.91 Å². The summed E-state index contributed by atoms with van der Waals surface area (Å²) in [5.41, 5.74) is 8.31. The second-order valence-electron chi connectivity index (χ2n) is 7.22. The number of carbonyl (C=O) groups excluding carboxylic acids is 1. The maximum Gasteiger partial charge on any atom is 0.240 e. The molecule has 0 spiro atoms. The zero-order valence-corrected chi connectivity index (χ0v) is 15.1. The Morgan fingerprint density at radius 3 is 2.72 bits per heavy atom. The van der Waals surface area contributed by atoms with Crippen LogP contribution in [0, 0.1) is 5.92 Å².